The number of hydrogen-bond donors (Lipinski definition) is 2. The molecule has 1 unspecified atom stereocenters. The summed E-state index contributed by atoms with van der Waals surface area (Å²) in [6.45, 7) is 0.858. The summed E-state index contributed by atoms with van der Waals surface area (Å²) in [6.07, 6.45) is 3.23. The Hall–Kier alpha value is -1.83. The van der Waals surface area contributed by atoms with Crippen LogP contribution in [-0.4, -0.2) is 27.7 Å². The second-order valence-electron chi connectivity index (χ2n) is 5.79. The minimum atomic E-state index is -0.394. The lowest BCUT2D eigenvalue weighted by atomic mass is 10.1. The maximum Gasteiger partial charge on any atom is 0.270 e. The second-order valence-corrected chi connectivity index (χ2v) is 6.65. The Bertz CT molecular complexity index is 685. The fourth-order valence-electron chi connectivity index (χ4n) is 2.65. The first-order chi connectivity index (χ1) is 11.2. The zero-order chi connectivity index (χ0) is 16.2. The molecule has 2 N–H and O–H groups in total. The van der Waals surface area contributed by atoms with Crippen LogP contribution in [0.5, 0.6) is 0 Å². The summed E-state index contributed by atoms with van der Waals surface area (Å²) in [5, 5.41) is 26.2. The third-order valence-corrected chi connectivity index (χ3v) is 4.97. The molecule has 122 valence electrons. The van der Waals surface area contributed by atoms with Gasteiger partial charge in [-0.15, -0.1) is 11.3 Å². The van der Waals surface area contributed by atoms with E-state index in [0.717, 1.165) is 22.7 Å². The van der Waals surface area contributed by atoms with Gasteiger partial charge in [-0.3, -0.25) is 10.1 Å². The van der Waals surface area contributed by atoms with Crippen LogP contribution in [-0.2, 0) is 6.54 Å². The highest BCUT2D eigenvalue weighted by Crippen LogP contribution is 2.34. The Kier molecular flexibility index (Phi) is 5.00. The molecule has 6 nitrogen and oxygen atoms in total. The zero-order valence-electron chi connectivity index (χ0n) is 12.6. The van der Waals surface area contributed by atoms with Crippen LogP contribution >= 0.6 is 11.3 Å². The van der Waals surface area contributed by atoms with Crippen molar-refractivity contribution < 1.29 is 10.0 Å². The second kappa shape index (κ2) is 7.16. The number of nitro benzene ring substituents is 1. The fourth-order valence-corrected chi connectivity index (χ4v) is 3.47. The number of aliphatic hydroxyl groups excluding tert-OH is 1. The monoisotopic (exact) mass is 333 g/mol. The molecule has 0 aliphatic heterocycles. The normalized spacial score (nSPS) is 15.5. The molecule has 7 heteroatoms. The van der Waals surface area contributed by atoms with Gasteiger partial charge in [0.2, 0.25) is 0 Å². The van der Waals surface area contributed by atoms with Crippen molar-refractivity contribution in [3.8, 4) is 10.6 Å². The van der Waals surface area contributed by atoms with Crippen molar-refractivity contribution in [3.05, 3.63) is 45.5 Å². The van der Waals surface area contributed by atoms with Gasteiger partial charge < -0.3 is 10.4 Å². The number of rotatable bonds is 8. The van der Waals surface area contributed by atoms with Crippen LogP contribution < -0.4 is 5.32 Å². The molecule has 1 atom stereocenters. The molecule has 1 aliphatic carbocycles. The van der Waals surface area contributed by atoms with E-state index in [1.165, 1.54) is 30.2 Å². The molecule has 1 aromatic heterocycles. The molecule has 0 spiro atoms. The van der Waals surface area contributed by atoms with Crippen LogP contribution in [0.1, 0.15) is 25.0 Å². The van der Waals surface area contributed by atoms with Crippen molar-refractivity contribution >= 4 is 17.0 Å². The number of thiazole rings is 1. The summed E-state index contributed by atoms with van der Waals surface area (Å²) >= 11 is 1.49. The third-order valence-electron chi connectivity index (χ3n) is 4.03. The van der Waals surface area contributed by atoms with Crippen molar-refractivity contribution in [2.24, 2.45) is 5.92 Å². The maximum atomic E-state index is 10.9. The molecule has 2 aromatic rings. The highest BCUT2D eigenvalue weighted by Gasteiger charge is 2.30. The number of hydrogen-bond acceptors (Lipinski definition) is 6. The van der Waals surface area contributed by atoms with E-state index in [1.54, 1.807) is 12.1 Å². The number of non-ortho nitro benzene ring substituents is 1. The number of benzene rings is 1. The van der Waals surface area contributed by atoms with Gasteiger partial charge in [0.1, 0.15) is 5.01 Å². The molecule has 0 bridgehead atoms. The average Bonchev–Trinajstić information content (AvgIpc) is 3.29. The smallest absolute Gasteiger partial charge is 0.270 e. The first-order valence-corrected chi connectivity index (χ1v) is 8.59. The molecule has 1 fully saturated rings. The van der Waals surface area contributed by atoms with Crippen molar-refractivity contribution in [1.29, 1.82) is 0 Å². The summed E-state index contributed by atoms with van der Waals surface area (Å²) in [6, 6.07) is 6.89. The maximum absolute atomic E-state index is 10.9. The molecule has 1 aliphatic rings. The van der Waals surface area contributed by atoms with Crippen LogP contribution in [0.15, 0.2) is 29.6 Å². The van der Waals surface area contributed by atoms with Gasteiger partial charge in [-0.05, 0) is 25.2 Å². The third kappa shape index (κ3) is 4.13. The van der Waals surface area contributed by atoms with Crippen molar-refractivity contribution in [2.45, 2.75) is 31.8 Å². The Morgan fingerprint density at radius 3 is 3.00 bits per heavy atom. The standard InChI is InChI=1S/C16H19N3O3S/c20-7-6-15(11-4-5-11)17-9-13-10-23-16(18-13)12-2-1-3-14(8-12)19(21)22/h1-3,8,10-11,15,17,20H,4-7,9H2. The minimum Gasteiger partial charge on any atom is -0.396 e. The summed E-state index contributed by atoms with van der Waals surface area (Å²) in [4.78, 5) is 15.0. The van der Waals surface area contributed by atoms with Crippen molar-refractivity contribution in [1.82, 2.24) is 10.3 Å². The first kappa shape index (κ1) is 16.0. The fraction of sp³-hybridized carbons (Fsp3) is 0.438. The average molecular weight is 333 g/mol. The summed E-state index contributed by atoms with van der Waals surface area (Å²) < 4.78 is 0. The molecule has 23 heavy (non-hydrogen) atoms. The SMILES string of the molecule is O=[N+]([O-])c1cccc(-c2nc(CNC(CCO)C3CC3)cs2)c1. The number of nitrogens with zero attached hydrogens (tertiary/aromatic N) is 2. The van der Waals surface area contributed by atoms with Crippen LogP contribution in [0.25, 0.3) is 10.6 Å². The molecule has 1 aromatic carbocycles. The lowest BCUT2D eigenvalue weighted by Gasteiger charge is -2.16. The van der Waals surface area contributed by atoms with E-state index in [-0.39, 0.29) is 12.3 Å². The first-order valence-electron chi connectivity index (χ1n) is 7.71. The van der Waals surface area contributed by atoms with Crippen LogP contribution in [0.4, 0.5) is 5.69 Å². The van der Waals surface area contributed by atoms with Gasteiger partial charge >= 0.3 is 0 Å². The highest BCUT2D eigenvalue weighted by atomic mass is 32.1. The predicted molar refractivity (Wildman–Crippen MR) is 89.3 cm³/mol. The van der Waals surface area contributed by atoms with E-state index in [9.17, 15) is 10.1 Å². The molecular formula is C16H19N3O3S. The zero-order valence-corrected chi connectivity index (χ0v) is 13.5. The van der Waals surface area contributed by atoms with Crippen molar-refractivity contribution in [3.63, 3.8) is 0 Å². The summed E-state index contributed by atoms with van der Waals surface area (Å²) in [5.41, 5.74) is 1.78. The van der Waals surface area contributed by atoms with Gasteiger partial charge in [0, 0.05) is 42.3 Å². The lowest BCUT2D eigenvalue weighted by Crippen LogP contribution is -2.31. The molecule has 1 saturated carbocycles. The Labute approximate surface area is 138 Å². The molecule has 1 heterocycles. The Morgan fingerprint density at radius 1 is 1.48 bits per heavy atom. The van der Waals surface area contributed by atoms with Gasteiger partial charge in [-0.1, -0.05) is 12.1 Å². The highest BCUT2D eigenvalue weighted by molar-refractivity contribution is 7.13. The summed E-state index contributed by atoms with van der Waals surface area (Å²) in [5.74, 6) is 0.678. The van der Waals surface area contributed by atoms with Crippen molar-refractivity contribution in [2.75, 3.05) is 6.61 Å². The molecule has 0 saturated heterocycles. The lowest BCUT2D eigenvalue weighted by molar-refractivity contribution is -0.384. The van der Waals surface area contributed by atoms with Gasteiger partial charge in [0.15, 0.2) is 0 Å². The van der Waals surface area contributed by atoms with Gasteiger partial charge in [-0.25, -0.2) is 4.98 Å². The predicted octanol–water partition coefficient (Wildman–Crippen LogP) is 2.97. The van der Waals surface area contributed by atoms with E-state index in [4.69, 9.17) is 5.11 Å². The topological polar surface area (TPSA) is 88.3 Å². The van der Waals surface area contributed by atoms with Crippen LogP contribution in [0, 0.1) is 16.0 Å². The molecule has 0 radical (unpaired) electrons. The van der Waals surface area contributed by atoms with E-state index in [0.29, 0.717) is 18.5 Å². The quantitative estimate of drug-likeness (QED) is 0.573. The molecule has 3 rings (SSSR count). The van der Waals surface area contributed by atoms with E-state index < -0.39 is 4.92 Å². The van der Waals surface area contributed by atoms with Gasteiger partial charge in [0.25, 0.3) is 5.69 Å². The number of aliphatic hydroxyl groups is 1. The Morgan fingerprint density at radius 2 is 2.30 bits per heavy atom. The van der Waals surface area contributed by atoms with Gasteiger partial charge in [-0.2, -0.15) is 0 Å². The van der Waals surface area contributed by atoms with E-state index in [2.05, 4.69) is 10.3 Å². The Balaban J connectivity index is 1.65. The number of nitro groups is 1. The van der Waals surface area contributed by atoms with Crippen LogP contribution in [0.3, 0.4) is 0 Å². The van der Waals surface area contributed by atoms with E-state index >= 15 is 0 Å². The van der Waals surface area contributed by atoms with E-state index in [1.807, 2.05) is 11.4 Å². The largest absolute Gasteiger partial charge is 0.396 e. The molecular weight excluding hydrogens is 314 g/mol. The minimum absolute atomic E-state index is 0.0779. The van der Waals surface area contributed by atoms with Gasteiger partial charge in [0.05, 0.1) is 10.6 Å². The number of nitrogens with one attached hydrogen (secondary N) is 1. The summed E-state index contributed by atoms with van der Waals surface area (Å²) in [7, 11) is 0. The number of aromatic nitrogens is 1. The van der Waals surface area contributed by atoms with Crippen LogP contribution in [0.2, 0.25) is 0 Å². The molecule has 0 amide bonds.